The third kappa shape index (κ3) is 54.1. The number of unbranched alkanes of at least 4 members (excludes halogenated alkanes) is 28. The van der Waals surface area contributed by atoms with Gasteiger partial charge in [-0.1, -0.05) is 229 Å². The number of quaternary nitrogens is 1. The van der Waals surface area contributed by atoms with Crippen LogP contribution in [0.4, 0.5) is 0 Å². The standard InChI is InChI=1S/C63H115N2O7P/c1-7-10-13-16-19-22-25-26-27-28-29-30-31-32-33-34-35-36-37-38-41-44-47-50-53-56-63(67)72-61(54-51-48-45-42-39-23-20-17-14-11-8-2)60(59-71-73(68,69)70-58-57-65(4,5)6)64-62(66)55-52-49-46-43-40-24-21-18-15-12-9-3/h18-19,21-22,26-27,29-30,32-33,51,54,60-61H,7-17,20,23-25,28,31,34-50,52-53,55-59H2,1-6H3,(H-,64,66,68,69)/b21-18-,22-19-,27-26-,30-29-,33-32-,54-51-. The van der Waals surface area contributed by atoms with Crippen LogP contribution in [0.2, 0.25) is 0 Å². The number of amides is 1. The molecule has 0 aromatic heterocycles. The maximum Gasteiger partial charge on any atom is 0.306 e. The molecule has 3 unspecified atom stereocenters. The van der Waals surface area contributed by atoms with Crippen molar-refractivity contribution in [1.82, 2.24) is 5.32 Å². The number of carbonyl (C=O) groups excluding carboxylic acids is 2. The van der Waals surface area contributed by atoms with E-state index in [1.807, 2.05) is 33.3 Å². The maximum atomic E-state index is 13.4. The summed E-state index contributed by atoms with van der Waals surface area (Å²) in [4.78, 5) is 39.8. The third-order valence-electron chi connectivity index (χ3n) is 13.1. The van der Waals surface area contributed by atoms with E-state index < -0.39 is 26.6 Å². The van der Waals surface area contributed by atoms with Crippen molar-refractivity contribution in [2.75, 3.05) is 40.9 Å². The quantitative estimate of drug-likeness (QED) is 0.0212. The summed E-state index contributed by atoms with van der Waals surface area (Å²) in [5.74, 6) is -0.560. The first-order chi connectivity index (χ1) is 35.4. The zero-order valence-corrected chi connectivity index (χ0v) is 49.2. The molecular formula is C63H115N2O7P. The first-order valence-corrected chi connectivity index (χ1v) is 31.7. The van der Waals surface area contributed by atoms with Gasteiger partial charge in [-0.15, -0.1) is 0 Å². The summed E-state index contributed by atoms with van der Waals surface area (Å²) < 4.78 is 30.2. The Hall–Kier alpha value is -2.55. The number of esters is 1. The molecule has 424 valence electrons. The van der Waals surface area contributed by atoms with Crippen LogP contribution >= 0.6 is 7.82 Å². The first kappa shape index (κ1) is 70.5. The van der Waals surface area contributed by atoms with Gasteiger partial charge in [-0.2, -0.15) is 0 Å². The van der Waals surface area contributed by atoms with Crippen LogP contribution in [0.25, 0.3) is 0 Å². The van der Waals surface area contributed by atoms with Crippen LogP contribution in [0.3, 0.4) is 0 Å². The van der Waals surface area contributed by atoms with E-state index in [0.29, 0.717) is 17.4 Å². The van der Waals surface area contributed by atoms with Crippen LogP contribution in [0, 0.1) is 0 Å². The zero-order valence-electron chi connectivity index (χ0n) is 48.3. The molecule has 1 amide bonds. The van der Waals surface area contributed by atoms with Gasteiger partial charge in [0.2, 0.25) is 5.91 Å². The van der Waals surface area contributed by atoms with Crippen molar-refractivity contribution in [3.8, 4) is 0 Å². The molecule has 0 fully saturated rings. The van der Waals surface area contributed by atoms with Crippen LogP contribution in [-0.4, -0.2) is 69.4 Å². The predicted molar refractivity (Wildman–Crippen MR) is 312 cm³/mol. The van der Waals surface area contributed by atoms with Crippen LogP contribution in [0.15, 0.2) is 72.9 Å². The Morgan fingerprint density at radius 2 is 0.849 bits per heavy atom. The van der Waals surface area contributed by atoms with Gasteiger partial charge in [0.05, 0.1) is 33.8 Å². The zero-order chi connectivity index (χ0) is 53.6. The van der Waals surface area contributed by atoms with Crippen LogP contribution < -0.4 is 10.2 Å². The van der Waals surface area contributed by atoms with Crippen molar-refractivity contribution < 1.29 is 37.3 Å². The van der Waals surface area contributed by atoms with E-state index in [1.165, 1.54) is 116 Å². The van der Waals surface area contributed by atoms with Gasteiger partial charge >= 0.3 is 5.97 Å². The van der Waals surface area contributed by atoms with Crippen molar-refractivity contribution in [2.24, 2.45) is 0 Å². The number of ether oxygens (including phenoxy) is 1. The molecule has 0 aliphatic rings. The Morgan fingerprint density at radius 1 is 0.479 bits per heavy atom. The number of rotatable bonds is 54. The number of likely N-dealkylation sites (N-methyl/N-ethyl adjacent to an activating group) is 1. The van der Waals surface area contributed by atoms with E-state index >= 15 is 0 Å². The van der Waals surface area contributed by atoms with E-state index in [-0.39, 0.29) is 24.9 Å². The molecule has 0 aromatic rings. The second kappa shape index (κ2) is 52.9. The molecule has 0 aromatic carbocycles. The van der Waals surface area contributed by atoms with Gasteiger partial charge in [0.25, 0.3) is 7.82 Å². The lowest BCUT2D eigenvalue weighted by Gasteiger charge is -2.30. The number of nitrogens with zero attached hydrogens (tertiary/aromatic N) is 1. The van der Waals surface area contributed by atoms with Gasteiger partial charge in [-0.25, -0.2) is 0 Å². The summed E-state index contributed by atoms with van der Waals surface area (Å²) in [6.07, 6.45) is 67.3. The molecule has 73 heavy (non-hydrogen) atoms. The molecular weight excluding hydrogens is 928 g/mol. The minimum atomic E-state index is -4.70. The average molecular weight is 1040 g/mol. The SMILES string of the molecule is CCCC/C=C\CCCCCCCC(=O)NC(COP(=O)([O-])OCC[N+](C)(C)C)C(/C=C\CCCCCCCCCCC)OC(=O)CCCCCCCCCCC/C=C\C/C=C\C/C=C\C/C=C\CCCCC. The summed E-state index contributed by atoms with van der Waals surface area (Å²) >= 11 is 0. The Kier molecular flexibility index (Phi) is 51.0. The molecule has 0 saturated carbocycles. The highest BCUT2D eigenvalue weighted by molar-refractivity contribution is 7.45. The number of allylic oxidation sites excluding steroid dienone is 11. The summed E-state index contributed by atoms with van der Waals surface area (Å²) in [6, 6.07) is -0.895. The lowest BCUT2D eigenvalue weighted by molar-refractivity contribution is -0.870. The summed E-state index contributed by atoms with van der Waals surface area (Å²) in [6.45, 7) is 6.75. The minimum absolute atomic E-state index is 0.0270. The number of hydrogen-bond donors (Lipinski definition) is 1. The molecule has 0 spiro atoms. The van der Waals surface area contributed by atoms with Crippen molar-refractivity contribution in [1.29, 1.82) is 0 Å². The van der Waals surface area contributed by atoms with Gasteiger partial charge < -0.3 is 28.5 Å². The molecule has 0 saturated heterocycles. The Morgan fingerprint density at radius 3 is 1.33 bits per heavy atom. The second-order valence-electron chi connectivity index (χ2n) is 21.5. The van der Waals surface area contributed by atoms with Gasteiger partial charge in [-0.05, 0) is 96.0 Å². The second-order valence-corrected chi connectivity index (χ2v) is 22.9. The van der Waals surface area contributed by atoms with Crippen LogP contribution in [0.5, 0.6) is 0 Å². The van der Waals surface area contributed by atoms with Crippen LogP contribution in [0.1, 0.15) is 265 Å². The molecule has 0 aliphatic heterocycles. The monoisotopic (exact) mass is 1040 g/mol. The number of nitrogens with one attached hydrogen (secondary N) is 1. The molecule has 3 atom stereocenters. The van der Waals surface area contributed by atoms with Crippen molar-refractivity contribution >= 4 is 19.7 Å². The fourth-order valence-electron chi connectivity index (χ4n) is 8.37. The molecule has 0 rings (SSSR count). The highest BCUT2D eigenvalue weighted by Gasteiger charge is 2.27. The van der Waals surface area contributed by atoms with Gasteiger partial charge in [0.15, 0.2) is 0 Å². The van der Waals surface area contributed by atoms with Crippen LogP contribution in [-0.2, 0) is 27.9 Å². The largest absolute Gasteiger partial charge is 0.756 e. The molecule has 9 nitrogen and oxygen atoms in total. The van der Waals surface area contributed by atoms with E-state index in [9.17, 15) is 19.0 Å². The normalized spacial score (nSPS) is 14.2. The Bertz CT molecular complexity index is 1480. The fraction of sp³-hybridized carbons (Fsp3) is 0.778. The molecule has 1 N–H and O–H groups in total. The Balaban J connectivity index is 5.11. The van der Waals surface area contributed by atoms with E-state index in [1.54, 1.807) is 0 Å². The number of phosphoric acid groups is 1. The third-order valence-corrected chi connectivity index (χ3v) is 14.1. The van der Waals surface area contributed by atoms with Gasteiger partial charge in [-0.3, -0.25) is 14.2 Å². The number of hydrogen-bond acceptors (Lipinski definition) is 7. The molecule has 0 bridgehead atoms. The topological polar surface area (TPSA) is 114 Å². The average Bonchev–Trinajstić information content (AvgIpc) is 3.35. The maximum absolute atomic E-state index is 13.4. The lowest BCUT2D eigenvalue weighted by atomic mass is 10.0. The lowest BCUT2D eigenvalue weighted by Crippen LogP contribution is -2.47. The summed E-state index contributed by atoms with van der Waals surface area (Å²) in [7, 11) is 1.17. The molecule has 0 heterocycles. The van der Waals surface area contributed by atoms with Gasteiger partial charge in [0, 0.05) is 12.8 Å². The van der Waals surface area contributed by atoms with Gasteiger partial charge in [0.1, 0.15) is 19.3 Å². The smallest absolute Gasteiger partial charge is 0.306 e. The number of carbonyl (C=O) groups is 2. The first-order valence-electron chi connectivity index (χ1n) is 30.2. The number of phosphoric ester groups is 1. The molecule has 10 heteroatoms. The molecule has 0 aliphatic carbocycles. The van der Waals surface area contributed by atoms with E-state index in [4.69, 9.17) is 13.8 Å². The summed E-state index contributed by atoms with van der Waals surface area (Å²) in [5.41, 5.74) is 0. The highest BCUT2D eigenvalue weighted by Crippen LogP contribution is 2.38. The summed E-state index contributed by atoms with van der Waals surface area (Å²) in [5, 5.41) is 3.01. The predicted octanol–water partition coefficient (Wildman–Crippen LogP) is 17.8. The fourth-order valence-corrected chi connectivity index (χ4v) is 9.09. The van der Waals surface area contributed by atoms with E-state index in [2.05, 4.69) is 86.8 Å². The minimum Gasteiger partial charge on any atom is -0.756 e. The molecule has 0 radical (unpaired) electrons. The van der Waals surface area contributed by atoms with E-state index in [0.717, 1.165) is 116 Å². The Labute approximate surface area is 451 Å². The van der Waals surface area contributed by atoms with Crippen molar-refractivity contribution in [3.05, 3.63) is 72.9 Å². The van der Waals surface area contributed by atoms with Crippen molar-refractivity contribution in [3.63, 3.8) is 0 Å². The highest BCUT2D eigenvalue weighted by atomic mass is 31.2. The van der Waals surface area contributed by atoms with Crippen molar-refractivity contribution in [2.45, 2.75) is 277 Å².